The minimum Gasteiger partial charge on any atom is -0.470 e. The molecule has 0 bridgehead atoms. The van der Waals surface area contributed by atoms with Gasteiger partial charge in [-0.15, -0.1) is 0 Å². The molecule has 2 aliphatic rings. The molecular weight excluding hydrogens is 458 g/mol. The maximum Gasteiger partial charge on any atom is 0.246 e. The molecule has 0 atom stereocenters. The molecule has 0 radical (unpaired) electrons. The van der Waals surface area contributed by atoms with Crippen LogP contribution in [-0.4, -0.2) is 41.2 Å². The van der Waals surface area contributed by atoms with Gasteiger partial charge in [0.1, 0.15) is 24.3 Å². The van der Waals surface area contributed by atoms with Crippen LogP contribution in [0.4, 0.5) is 0 Å². The number of imidazole rings is 1. The average molecular weight is 480 g/mol. The van der Waals surface area contributed by atoms with Gasteiger partial charge in [-0.3, -0.25) is 9.36 Å². The second-order valence-corrected chi connectivity index (χ2v) is 9.61. The summed E-state index contributed by atoms with van der Waals surface area (Å²) in [5, 5.41) is 4.56. The summed E-state index contributed by atoms with van der Waals surface area (Å²) in [4.78, 5) is 29.6. The molecule has 2 fully saturated rings. The minimum absolute atomic E-state index is 0.102. The number of nitrogens with two attached hydrogens (primary N) is 1. The second kappa shape index (κ2) is 7.76. The molecule has 3 heterocycles. The molecule has 0 unspecified atom stereocenters. The first kappa shape index (κ1) is 21.0. The number of hydrogen-bond acceptors (Lipinski definition) is 8. The molecule has 174 valence electrons. The van der Waals surface area contributed by atoms with Gasteiger partial charge in [0.2, 0.25) is 17.7 Å². The molecular formula is C23H22ClN7O3. The molecule has 10 nitrogen and oxygen atoms in total. The van der Waals surface area contributed by atoms with E-state index in [2.05, 4.69) is 20.1 Å². The van der Waals surface area contributed by atoms with E-state index < -0.39 is 5.91 Å². The zero-order valence-electron chi connectivity index (χ0n) is 18.5. The van der Waals surface area contributed by atoms with Crippen LogP contribution < -0.4 is 10.5 Å². The molecule has 1 aromatic carbocycles. The summed E-state index contributed by atoms with van der Waals surface area (Å²) in [6.45, 7) is 2.31. The molecule has 3 aromatic heterocycles. The fourth-order valence-corrected chi connectivity index (χ4v) is 4.17. The SMILES string of the molecule is CC1(Oc2ncnc3c2nc(-c2ccc(CC(N)=O)cc2Cl)n3Cc2nc(C3CC3)no2)CC1. The van der Waals surface area contributed by atoms with Crippen LogP contribution in [0.25, 0.3) is 22.6 Å². The summed E-state index contributed by atoms with van der Waals surface area (Å²) in [7, 11) is 0. The highest BCUT2D eigenvalue weighted by atomic mass is 35.5. The van der Waals surface area contributed by atoms with E-state index in [-0.39, 0.29) is 18.6 Å². The van der Waals surface area contributed by atoms with Crippen molar-refractivity contribution in [1.82, 2.24) is 29.7 Å². The van der Waals surface area contributed by atoms with Crippen LogP contribution in [0.5, 0.6) is 5.88 Å². The Morgan fingerprint density at radius 2 is 2.12 bits per heavy atom. The van der Waals surface area contributed by atoms with Gasteiger partial charge >= 0.3 is 0 Å². The normalized spacial score (nSPS) is 16.6. The molecule has 1 amide bonds. The summed E-state index contributed by atoms with van der Waals surface area (Å²) < 4.78 is 13.6. The Kier molecular flexibility index (Phi) is 4.80. The third-order valence-electron chi connectivity index (χ3n) is 6.17. The molecule has 0 aliphatic heterocycles. The molecule has 4 aromatic rings. The quantitative estimate of drug-likeness (QED) is 0.406. The Bertz CT molecular complexity index is 1420. The fourth-order valence-electron chi connectivity index (χ4n) is 3.88. The van der Waals surface area contributed by atoms with Gasteiger partial charge in [0, 0.05) is 11.5 Å². The maximum atomic E-state index is 11.3. The fraction of sp³-hybridized carbons (Fsp3) is 0.391. The van der Waals surface area contributed by atoms with E-state index >= 15 is 0 Å². The number of fused-ring (bicyclic) bond motifs is 1. The van der Waals surface area contributed by atoms with E-state index in [1.807, 2.05) is 23.6 Å². The van der Waals surface area contributed by atoms with Crippen molar-refractivity contribution in [2.45, 2.75) is 57.1 Å². The van der Waals surface area contributed by atoms with E-state index in [1.165, 1.54) is 6.33 Å². The van der Waals surface area contributed by atoms with Crippen molar-refractivity contribution in [2.75, 3.05) is 0 Å². The lowest BCUT2D eigenvalue weighted by molar-refractivity contribution is -0.117. The lowest BCUT2D eigenvalue weighted by Crippen LogP contribution is -2.13. The molecule has 2 aliphatic carbocycles. The number of hydrogen-bond donors (Lipinski definition) is 1. The number of primary amides is 1. The van der Waals surface area contributed by atoms with Crippen molar-refractivity contribution in [3.05, 3.63) is 46.8 Å². The Hall–Kier alpha value is -3.53. The summed E-state index contributed by atoms with van der Waals surface area (Å²) in [5.74, 6) is 2.13. The zero-order valence-corrected chi connectivity index (χ0v) is 19.2. The number of carbonyl (C=O) groups excluding carboxylic acids is 1. The highest BCUT2D eigenvalue weighted by molar-refractivity contribution is 6.33. The summed E-state index contributed by atoms with van der Waals surface area (Å²) >= 11 is 6.64. The van der Waals surface area contributed by atoms with E-state index in [0.29, 0.717) is 45.3 Å². The van der Waals surface area contributed by atoms with Gasteiger partial charge < -0.3 is 15.0 Å². The minimum atomic E-state index is -0.426. The number of benzene rings is 1. The molecule has 6 rings (SSSR count). The van der Waals surface area contributed by atoms with E-state index in [4.69, 9.17) is 31.6 Å². The van der Waals surface area contributed by atoms with Crippen molar-refractivity contribution in [3.63, 3.8) is 0 Å². The molecule has 0 saturated heterocycles. The standard InChI is InChI=1S/C23H22ClN7O3/c1-23(6-7-23)33-22-18-21(26-11-27-22)31(10-17-28-19(30-34-17)13-3-4-13)20(29-18)14-5-2-12(8-15(14)24)9-16(25)32/h2,5,8,11,13H,3-4,6-7,9-10H2,1H3,(H2,25,32). The Morgan fingerprint density at radius 1 is 1.29 bits per heavy atom. The Balaban J connectivity index is 1.46. The predicted octanol–water partition coefficient (Wildman–Crippen LogP) is 3.41. The van der Waals surface area contributed by atoms with Gasteiger partial charge in [0.05, 0.1) is 11.4 Å². The summed E-state index contributed by atoms with van der Waals surface area (Å²) in [6, 6.07) is 5.34. The maximum absolute atomic E-state index is 11.3. The molecule has 2 N–H and O–H groups in total. The van der Waals surface area contributed by atoms with Crippen LogP contribution >= 0.6 is 11.6 Å². The van der Waals surface area contributed by atoms with Crippen LogP contribution in [0.1, 0.15) is 55.8 Å². The smallest absolute Gasteiger partial charge is 0.246 e. The Morgan fingerprint density at radius 3 is 2.82 bits per heavy atom. The number of halogens is 1. The van der Waals surface area contributed by atoms with Gasteiger partial charge in [0.15, 0.2) is 17.0 Å². The first-order chi connectivity index (χ1) is 16.4. The molecule has 2 saturated carbocycles. The van der Waals surface area contributed by atoms with Crippen molar-refractivity contribution in [3.8, 4) is 17.3 Å². The van der Waals surface area contributed by atoms with E-state index in [1.54, 1.807) is 6.07 Å². The summed E-state index contributed by atoms with van der Waals surface area (Å²) in [5.41, 5.74) is 7.60. The number of nitrogens with zero attached hydrogens (tertiary/aromatic N) is 6. The third kappa shape index (κ3) is 3.98. The van der Waals surface area contributed by atoms with Crippen LogP contribution in [0.2, 0.25) is 5.02 Å². The number of amides is 1. The van der Waals surface area contributed by atoms with Crippen molar-refractivity contribution in [2.24, 2.45) is 5.73 Å². The van der Waals surface area contributed by atoms with Crippen LogP contribution in [0.3, 0.4) is 0 Å². The highest BCUT2D eigenvalue weighted by Gasteiger charge is 2.41. The first-order valence-electron chi connectivity index (χ1n) is 11.2. The lowest BCUT2D eigenvalue weighted by atomic mass is 10.1. The predicted molar refractivity (Wildman–Crippen MR) is 122 cm³/mol. The third-order valence-corrected chi connectivity index (χ3v) is 6.48. The van der Waals surface area contributed by atoms with Gasteiger partial charge in [0.25, 0.3) is 0 Å². The highest BCUT2D eigenvalue weighted by Crippen LogP contribution is 2.41. The van der Waals surface area contributed by atoms with Gasteiger partial charge in [-0.2, -0.15) is 9.97 Å². The lowest BCUT2D eigenvalue weighted by Gasteiger charge is -2.11. The molecule has 34 heavy (non-hydrogen) atoms. The van der Waals surface area contributed by atoms with Gasteiger partial charge in [-0.25, -0.2) is 9.97 Å². The van der Waals surface area contributed by atoms with Crippen LogP contribution in [0.15, 0.2) is 29.0 Å². The second-order valence-electron chi connectivity index (χ2n) is 9.20. The number of aromatic nitrogens is 6. The van der Waals surface area contributed by atoms with Crippen molar-refractivity contribution < 1.29 is 14.1 Å². The topological polar surface area (TPSA) is 135 Å². The Labute approximate surface area is 199 Å². The summed E-state index contributed by atoms with van der Waals surface area (Å²) in [6.07, 6.45) is 5.66. The number of ether oxygens (including phenoxy) is 1. The van der Waals surface area contributed by atoms with E-state index in [9.17, 15) is 4.79 Å². The number of rotatable bonds is 8. The van der Waals surface area contributed by atoms with Crippen LogP contribution in [-0.2, 0) is 17.8 Å². The van der Waals surface area contributed by atoms with E-state index in [0.717, 1.165) is 37.1 Å². The first-order valence-corrected chi connectivity index (χ1v) is 11.6. The zero-order chi connectivity index (χ0) is 23.4. The van der Waals surface area contributed by atoms with Crippen molar-refractivity contribution in [1.29, 1.82) is 0 Å². The molecule has 11 heteroatoms. The van der Waals surface area contributed by atoms with Gasteiger partial charge in [-0.1, -0.05) is 22.8 Å². The largest absolute Gasteiger partial charge is 0.470 e. The van der Waals surface area contributed by atoms with Crippen LogP contribution in [0, 0.1) is 0 Å². The number of carbonyl (C=O) groups is 1. The van der Waals surface area contributed by atoms with Crippen molar-refractivity contribution >= 4 is 28.7 Å². The molecule has 0 spiro atoms. The van der Waals surface area contributed by atoms with Gasteiger partial charge in [-0.05, 0) is 50.3 Å². The average Bonchev–Trinajstić information content (AvgIpc) is 3.69. The monoisotopic (exact) mass is 479 g/mol.